The highest BCUT2D eigenvalue weighted by atomic mass is 16.5. The van der Waals surface area contributed by atoms with E-state index in [1.54, 1.807) is 7.11 Å². The van der Waals surface area contributed by atoms with Crippen LogP contribution in [0.1, 0.15) is 57.3 Å². The van der Waals surface area contributed by atoms with Crippen molar-refractivity contribution in [3.05, 3.63) is 101 Å². The molecule has 4 rings (SSSR count). The highest BCUT2D eigenvalue weighted by Gasteiger charge is 2.39. The van der Waals surface area contributed by atoms with E-state index in [4.69, 9.17) is 9.47 Å². The van der Waals surface area contributed by atoms with E-state index in [1.807, 2.05) is 61.5 Å². The van der Waals surface area contributed by atoms with Gasteiger partial charge >= 0.3 is 0 Å². The van der Waals surface area contributed by atoms with Crippen molar-refractivity contribution >= 4 is 5.78 Å². The van der Waals surface area contributed by atoms with Crippen LogP contribution in [0.25, 0.3) is 0 Å². The van der Waals surface area contributed by atoms with Gasteiger partial charge in [0.2, 0.25) is 0 Å². The van der Waals surface area contributed by atoms with Crippen molar-refractivity contribution in [1.29, 1.82) is 0 Å². The first kappa shape index (κ1) is 21.3. The molecule has 0 saturated heterocycles. The minimum Gasteiger partial charge on any atom is -0.497 e. The first-order valence-electron chi connectivity index (χ1n) is 10.6. The summed E-state index contributed by atoms with van der Waals surface area (Å²) in [7, 11) is 5.80. The highest BCUT2D eigenvalue weighted by molar-refractivity contribution is 5.96. The van der Waals surface area contributed by atoms with Gasteiger partial charge in [0.25, 0.3) is 0 Å². The molecule has 0 aromatic heterocycles. The maximum absolute atomic E-state index is 13.1. The Hall–Kier alpha value is -2.95. The lowest BCUT2D eigenvalue weighted by molar-refractivity contribution is -0.0718. The van der Waals surface area contributed by atoms with Crippen LogP contribution in [0.5, 0.6) is 5.75 Å². The third-order valence-corrected chi connectivity index (χ3v) is 5.99. The Morgan fingerprint density at radius 3 is 2.32 bits per heavy atom. The maximum atomic E-state index is 13.1. The van der Waals surface area contributed by atoms with Crippen LogP contribution >= 0.6 is 0 Å². The summed E-state index contributed by atoms with van der Waals surface area (Å²) >= 11 is 0. The number of carbonyl (C=O) groups excluding carboxylic acids is 1. The molecule has 0 N–H and O–H groups in total. The molecular weight excluding hydrogens is 386 g/mol. The number of fused-ring (bicyclic) bond motifs is 1. The minimum atomic E-state index is -0.323. The molecule has 31 heavy (non-hydrogen) atoms. The van der Waals surface area contributed by atoms with Gasteiger partial charge in [0, 0.05) is 12.0 Å². The van der Waals surface area contributed by atoms with Crippen LogP contribution in [0.4, 0.5) is 0 Å². The van der Waals surface area contributed by atoms with Gasteiger partial charge in [0.05, 0.1) is 19.3 Å². The van der Waals surface area contributed by atoms with Crippen molar-refractivity contribution in [2.45, 2.75) is 31.6 Å². The number of rotatable bonds is 6. The Balaban J connectivity index is 1.75. The zero-order valence-electron chi connectivity index (χ0n) is 18.5. The molecule has 0 aliphatic carbocycles. The topological polar surface area (TPSA) is 38.8 Å². The predicted molar refractivity (Wildman–Crippen MR) is 123 cm³/mol. The van der Waals surface area contributed by atoms with Gasteiger partial charge in [-0.3, -0.25) is 9.69 Å². The fraction of sp³-hybridized carbons (Fsp3) is 0.296. The molecule has 0 unspecified atom stereocenters. The summed E-state index contributed by atoms with van der Waals surface area (Å²) in [5.41, 5.74) is 5.15. The molecule has 0 amide bonds. The lowest BCUT2D eigenvalue weighted by Crippen LogP contribution is -2.34. The number of ether oxygens (including phenoxy) is 2. The molecule has 1 aliphatic rings. The molecule has 0 radical (unpaired) electrons. The minimum absolute atomic E-state index is 0.0122. The average Bonchev–Trinajstić information content (AvgIpc) is 2.79. The number of ketones is 1. The number of methoxy groups -OCH3 is 1. The Bertz CT molecular complexity index is 1040. The molecule has 0 fully saturated rings. The number of hydrogen-bond donors (Lipinski definition) is 0. The zero-order valence-corrected chi connectivity index (χ0v) is 18.5. The maximum Gasteiger partial charge on any atom is 0.165 e. The largest absolute Gasteiger partial charge is 0.497 e. The van der Waals surface area contributed by atoms with Crippen LogP contribution in [0.2, 0.25) is 0 Å². The summed E-state index contributed by atoms with van der Waals surface area (Å²) in [6.07, 6.45) is -0.214. The van der Waals surface area contributed by atoms with Gasteiger partial charge in [-0.1, -0.05) is 66.2 Å². The van der Waals surface area contributed by atoms with Gasteiger partial charge in [0.1, 0.15) is 11.9 Å². The number of hydrogen-bond acceptors (Lipinski definition) is 4. The highest BCUT2D eigenvalue weighted by Crippen LogP contribution is 2.48. The average molecular weight is 416 g/mol. The molecule has 0 spiro atoms. The van der Waals surface area contributed by atoms with Crippen LogP contribution in [0.15, 0.2) is 72.8 Å². The van der Waals surface area contributed by atoms with Gasteiger partial charge in [-0.15, -0.1) is 0 Å². The SMILES string of the molecule is COc1ccc2c(c1)[C@H](N(C)C)[C@@H](c1ccccc1)O[C@H]2CC(=O)c1ccc(C)cc1. The lowest BCUT2D eigenvalue weighted by Gasteiger charge is -2.41. The van der Waals surface area contributed by atoms with E-state index in [9.17, 15) is 4.79 Å². The van der Waals surface area contributed by atoms with Crippen molar-refractivity contribution in [2.24, 2.45) is 0 Å². The van der Waals surface area contributed by atoms with Crippen molar-refractivity contribution in [2.75, 3.05) is 21.2 Å². The van der Waals surface area contributed by atoms with Crippen molar-refractivity contribution in [1.82, 2.24) is 4.90 Å². The fourth-order valence-electron chi connectivity index (χ4n) is 4.35. The second-order valence-electron chi connectivity index (χ2n) is 8.35. The zero-order chi connectivity index (χ0) is 22.0. The number of aryl methyl sites for hydroxylation is 1. The summed E-state index contributed by atoms with van der Waals surface area (Å²) in [5, 5.41) is 0. The second-order valence-corrected chi connectivity index (χ2v) is 8.35. The number of benzene rings is 3. The van der Waals surface area contributed by atoms with E-state index >= 15 is 0 Å². The normalized spacial score (nSPS) is 20.4. The molecule has 4 nitrogen and oxygen atoms in total. The number of carbonyl (C=O) groups is 1. The Labute approximate surface area is 184 Å². The molecule has 1 heterocycles. The molecule has 3 aromatic carbocycles. The Kier molecular flexibility index (Phi) is 6.21. The Morgan fingerprint density at radius 2 is 1.68 bits per heavy atom. The van der Waals surface area contributed by atoms with Crippen molar-refractivity contribution in [3.8, 4) is 5.75 Å². The molecule has 1 aliphatic heterocycles. The summed E-state index contributed by atoms with van der Waals surface area (Å²) < 4.78 is 12.2. The van der Waals surface area contributed by atoms with E-state index < -0.39 is 0 Å². The van der Waals surface area contributed by atoms with E-state index in [2.05, 4.69) is 37.2 Å². The Morgan fingerprint density at radius 1 is 0.968 bits per heavy atom. The first-order chi connectivity index (χ1) is 15.0. The van der Waals surface area contributed by atoms with Gasteiger partial charge in [-0.25, -0.2) is 0 Å². The third-order valence-electron chi connectivity index (χ3n) is 5.99. The lowest BCUT2D eigenvalue weighted by atomic mass is 9.84. The second kappa shape index (κ2) is 9.04. The molecule has 3 atom stereocenters. The number of likely N-dealkylation sites (N-methyl/N-ethyl adjacent to an activating group) is 1. The van der Waals surface area contributed by atoms with Crippen LogP contribution < -0.4 is 4.74 Å². The summed E-state index contributed by atoms with van der Waals surface area (Å²) in [4.78, 5) is 15.3. The van der Waals surface area contributed by atoms with E-state index in [1.165, 1.54) is 0 Å². The molecular formula is C27H29NO3. The number of nitrogens with zero attached hydrogens (tertiary/aromatic N) is 1. The van der Waals surface area contributed by atoms with E-state index in [-0.39, 0.29) is 24.0 Å². The van der Waals surface area contributed by atoms with Crippen molar-refractivity contribution < 1.29 is 14.3 Å². The summed E-state index contributed by atoms with van der Waals surface area (Å²) in [6, 6.07) is 24.1. The molecule has 4 heteroatoms. The van der Waals surface area contributed by atoms with Crippen molar-refractivity contribution in [3.63, 3.8) is 0 Å². The summed E-state index contributed by atoms with van der Waals surface area (Å²) in [6.45, 7) is 2.02. The van der Waals surface area contributed by atoms with Gasteiger partial charge in [0.15, 0.2) is 5.78 Å². The fourth-order valence-corrected chi connectivity index (χ4v) is 4.35. The predicted octanol–water partition coefficient (Wildman–Crippen LogP) is 5.69. The standard InChI is InChI=1S/C27H29NO3/c1-18-10-12-19(13-11-18)24(29)17-25-22-15-14-21(30-4)16-23(22)26(28(2)3)27(31-25)20-8-6-5-7-9-20/h5-16,25-27H,17H2,1-4H3/t25-,26-,27+/m0/s1. The molecule has 3 aromatic rings. The molecule has 160 valence electrons. The number of Topliss-reactive ketones (excluding diaryl/α,β-unsaturated/α-hetero) is 1. The monoisotopic (exact) mass is 415 g/mol. The molecule has 0 saturated carbocycles. The van der Waals surface area contributed by atoms with Crippen LogP contribution in [-0.4, -0.2) is 31.9 Å². The van der Waals surface area contributed by atoms with E-state index in [0.717, 1.165) is 33.6 Å². The quantitative estimate of drug-likeness (QED) is 0.485. The van der Waals surface area contributed by atoms with Gasteiger partial charge < -0.3 is 9.47 Å². The van der Waals surface area contributed by atoms with Gasteiger partial charge in [-0.2, -0.15) is 0 Å². The van der Waals surface area contributed by atoms with Crippen LogP contribution in [0, 0.1) is 6.92 Å². The van der Waals surface area contributed by atoms with Crippen LogP contribution in [0.3, 0.4) is 0 Å². The first-order valence-corrected chi connectivity index (χ1v) is 10.6. The van der Waals surface area contributed by atoms with Crippen LogP contribution in [-0.2, 0) is 4.74 Å². The smallest absolute Gasteiger partial charge is 0.165 e. The molecule has 0 bridgehead atoms. The van der Waals surface area contributed by atoms with E-state index in [0.29, 0.717) is 6.42 Å². The van der Waals surface area contributed by atoms with Gasteiger partial charge in [-0.05, 0) is 49.8 Å². The third kappa shape index (κ3) is 4.41. The summed E-state index contributed by atoms with van der Waals surface area (Å²) in [5.74, 6) is 0.893.